The van der Waals surface area contributed by atoms with Crippen LogP contribution in [0.3, 0.4) is 0 Å². The molecule has 24 heavy (non-hydrogen) atoms. The Morgan fingerprint density at radius 2 is 1.96 bits per heavy atom. The van der Waals surface area contributed by atoms with E-state index in [-0.39, 0.29) is 18.9 Å². The Kier molecular flexibility index (Phi) is 6.23. The Morgan fingerprint density at radius 3 is 2.62 bits per heavy atom. The molecule has 1 saturated heterocycles. The first kappa shape index (κ1) is 18.3. The first-order valence-corrected chi connectivity index (χ1v) is 8.01. The van der Waals surface area contributed by atoms with Gasteiger partial charge in [0.2, 0.25) is 11.8 Å². The van der Waals surface area contributed by atoms with Crippen LogP contribution in [0.1, 0.15) is 24.8 Å². The van der Waals surface area contributed by atoms with E-state index < -0.39 is 24.5 Å². The van der Waals surface area contributed by atoms with E-state index in [0.29, 0.717) is 13.0 Å². The zero-order valence-corrected chi connectivity index (χ0v) is 13.3. The highest BCUT2D eigenvalue weighted by Gasteiger charge is 2.33. The van der Waals surface area contributed by atoms with Crippen molar-refractivity contribution in [2.24, 2.45) is 5.92 Å². The summed E-state index contributed by atoms with van der Waals surface area (Å²) in [6.07, 6.45) is -2.34. The standard InChI is InChI=1S/C17H21F3N2O2/c18-17(19,20)12-21-16(24)14-8-9-15(23)22(11-14)10-4-7-13-5-2-1-3-6-13/h1-3,5-6,14H,4,7-12H2,(H,21,24)/t14-/m0/s1. The lowest BCUT2D eigenvalue weighted by molar-refractivity contribution is -0.145. The lowest BCUT2D eigenvalue weighted by Crippen LogP contribution is -2.47. The number of likely N-dealkylation sites (tertiary alicyclic amines) is 1. The number of alkyl halides is 3. The van der Waals surface area contributed by atoms with Gasteiger partial charge in [0.15, 0.2) is 0 Å². The maximum Gasteiger partial charge on any atom is 0.405 e. The van der Waals surface area contributed by atoms with E-state index in [1.165, 1.54) is 5.56 Å². The van der Waals surface area contributed by atoms with E-state index in [9.17, 15) is 22.8 Å². The van der Waals surface area contributed by atoms with E-state index in [0.717, 1.165) is 12.8 Å². The van der Waals surface area contributed by atoms with E-state index in [1.54, 1.807) is 4.90 Å². The van der Waals surface area contributed by atoms with Gasteiger partial charge in [-0.3, -0.25) is 9.59 Å². The summed E-state index contributed by atoms with van der Waals surface area (Å²) in [6.45, 7) is -0.627. The Bertz CT molecular complexity index is 561. The number of rotatable bonds is 6. The Morgan fingerprint density at radius 1 is 1.25 bits per heavy atom. The van der Waals surface area contributed by atoms with Crippen molar-refractivity contribution in [2.45, 2.75) is 31.9 Å². The molecule has 1 atom stereocenters. The molecule has 0 spiro atoms. The second-order valence-corrected chi connectivity index (χ2v) is 6.00. The Labute approximate surface area is 139 Å². The largest absolute Gasteiger partial charge is 0.405 e. The molecule has 1 heterocycles. The Balaban J connectivity index is 1.79. The van der Waals surface area contributed by atoms with Crippen LogP contribution in [-0.4, -0.2) is 42.5 Å². The van der Waals surface area contributed by atoms with Crippen molar-refractivity contribution >= 4 is 11.8 Å². The van der Waals surface area contributed by atoms with Crippen LogP contribution in [0, 0.1) is 5.92 Å². The molecule has 132 valence electrons. The van der Waals surface area contributed by atoms with Gasteiger partial charge in [0, 0.05) is 19.5 Å². The molecule has 0 radical (unpaired) electrons. The van der Waals surface area contributed by atoms with Crippen LogP contribution in [0.25, 0.3) is 0 Å². The van der Waals surface area contributed by atoms with Gasteiger partial charge in [-0.25, -0.2) is 0 Å². The molecule has 0 aromatic heterocycles. The van der Waals surface area contributed by atoms with Crippen molar-refractivity contribution in [1.82, 2.24) is 10.2 Å². The minimum Gasteiger partial charge on any atom is -0.347 e. The molecule has 1 N–H and O–H groups in total. The number of halogens is 3. The summed E-state index contributed by atoms with van der Waals surface area (Å²) in [6, 6.07) is 9.84. The van der Waals surface area contributed by atoms with Crippen LogP contribution in [0.2, 0.25) is 0 Å². The SMILES string of the molecule is O=C(NCC(F)(F)F)[C@H]1CCC(=O)N(CCCc2ccccc2)C1. The maximum atomic E-state index is 12.2. The maximum absolute atomic E-state index is 12.2. The highest BCUT2D eigenvalue weighted by Crippen LogP contribution is 2.19. The van der Waals surface area contributed by atoms with Crippen LogP contribution in [0.15, 0.2) is 30.3 Å². The topological polar surface area (TPSA) is 49.4 Å². The number of hydrogen-bond acceptors (Lipinski definition) is 2. The molecular formula is C17H21F3N2O2. The molecule has 0 aliphatic carbocycles. The van der Waals surface area contributed by atoms with Gasteiger partial charge in [0.05, 0.1) is 5.92 Å². The van der Waals surface area contributed by atoms with Gasteiger partial charge in [0.25, 0.3) is 0 Å². The zero-order valence-electron chi connectivity index (χ0n) is 13.3. The third-order valence-electron chi connectivity index (χ3n) is 4.07. The minimum atomic E-state index is -4.42. The molecule has 1 fully saturated rings. The fraction of sp³-hybridized carbons (Fsp3) is 0.529. The summed E-state index contributed by atoms with van der Waals surface area (Å²) in [4.78, 5) is 25.4. The smallest absolute Gasteiger partial charge is 0.347 e. The summed E-state index contributed by atoms with van der Waals surface area (Å²) in [5.74, 6) is -1.24. The number of amides is 2. The van der Waals surface area contributed by atoms with Gasteiger partial charge in [-0.1, -0.05) is 30.3 Å². The first-order valence-electron chi connectivity index (χ1n) is 8.01. The average Bonchev–Trinajstić information content (AvgIpc) is 2.54. The van der Waals surface area contributed by atoms with E-state index in [2.05, 4.69) is 0 Å². The number of nitrogens with one attached hydrogen (secondary N) is 1. The second-order valence-electron chi connectivity index (χ2n) is 6.00. The highest BCUT2D eigenvalue weighted by molar-refractivity contribution is 5.83. The fourth-order valence-electron chi connectivity index (χ4n) is 2.80. The summed E-state index contributed by atoms with van der Waals surface area (Å²) in [7, 11) is 0. The minimum absolute atomic E-state index is 0.0390. The number of benzene rings is 1. The molecule has 1 aliphatic rings. The van der Waals surface area contributed by atoms with Gasteiger partial charge in [-0.2, -0.15) is 13.2 Å². The molecule has 2 amide bonds. The molecule has 1 aromatic carbocycles. The van der Waals surface area contributed by atoms with Crippen molar-refractivity contribution < 1.29 is 22.8 Å². The fourth-order valence-corrected chi connectivity index (χ4v) is 2.80. The van der Waals surface area contributed by atoms with E-state index in [1.807, 2.05) is 35.6 Å². The van der Waals surface area contributed by atoms with Crippen molar-refractivity contribution in [3.63, 3.8) is 0 Å². The predicted octanol–water partition coefficient (Wildman–Crippen LogP) is 2.54. The number of carbonyl (C=O) groups excluding carboxylic acids is 2. The van der Waals surface area contributed by atoms with Crippen molar-refractivity contribution in [3.8, 4) is 0 Å². The number of aryl methyl sites for hydroxylation is 1. The number of hydrogen-bond donors (Lipinski definition) is 1. The highest BCUT2D eigenvalue weighted by atomic mass is 19.4. The molecule has 1 aromatic rings. The predicted molar refractivity (Wildman–Crippen MR) is 83.1 cm³/mol. The number of piperidine rings is 1. The van der Waals surface area contributed by atoms with Crippen molar-refractivity contribution in [3.05, 3.63) is 35.9 Å². The summed E-state index contributed by atoms with van der Waals surface area (Å²) < 4.78 is 36.5. The zero-order chi connectivity index (χ0) is 17.6. The average molecular weight is 342 g/mol. The van der Waals surface area contributed by atoms with E-state index in [4.69, 9.17) is 0 Å². The normalized spacial score (nSPS) is 18.5. The molecule has 2 rings (SSSR count). The van der Waals surface area contributed by atoms with Gasteiger partial charge >= 0.3 is 6.18 Å². The van der Waals surface area contributed by atoms with Crippen LogP contribution in [0.4, 0.5) is 13.2 Å². The molecule has 0 unspecified atom stereocenters. The van der Waals surface area contributed by atoms with Gasteiger partial charge in [-0.15, -0.1) is 0 Å². The summed E-state index contributed by atoms with van der Waals surface area (Å²) in [5, 5.41) is 1.91. The van der Waals surface area contributed by atoms with Gasteiger partial charge in [-0.05, 0) is 24.8 Å². The lowest BCUT2D eigenvalue weighted by Gasteiger charge is -2.32. The third-order valence-corrected chi connectivity index (χ3v) is 4.07. The van der Waals surface area contributed by atoms with Crippen LogP contribution >= 0.6 is 0 Å². The molecule has 7 heteroatoms. The number of nitrogens with zero attached hydrogens (tertiary/aromatic N) is 1. The van der Waals surface area contributed by atoms with Crippen molar-refractivity contribution in [2.75, 3.05) is 19.6 Å². The second kappa shape index (κ2) is 8.17. The third kappa shape index (κ3) is 5.86. The molecule has 4 nitrogen and oxygen atoms in total. The summed E-state index contributed by atoms with van der Waals surface area (Å²) in [5.41, 5.74) is 1.17. The number of carbonyl (C=O) groups is 2. The first-order chi connectivity index (χ1) is 11.3. The van der Waals surface area contributed by atoms with E-state index >= 15 is 0 Å². The Hall–Kier alpha value is -2.05. The van der Waals surface area contributed by atoms with Gasteiger partial charge in [0.1, 0.15) is 6.54 Å². The summed E-state index contributed by atoms with van der Waals surface area (Å²) >= 11 is 0. The van der Waals surface area contributed by atoms with Crippen LogP contribution in [0.5, 0.6) is 0 Å². The molecule has 1 aliphatic heterocycles. The molecular weight excluding hydrogens is 321 g/mol. The quantitative estimate of drug-likeness (QED) is 0.864. The molecule has 0 saturated carbocycles. The lowest BCUT2D eigenvalue weighted by atomic mass is 9.96. The molecule has 0 bridgehead atoms. The van der Waals surface area contributed by atoms with Gasteiger partial charge < -0.3 is 10.2 Å². The van der Waals surface area contributed by atoms with Crippen LogP contribution < -0.4 is 5.32 Å². The van der Waals surface area contributed by atoms with Crippen molar-refractivity contribution in [1.29, 1.82) is 0 Å². The monoisotopic (exact) mass is 342 g/mol. The van der Waals surface area contributed by atoms with Crippen LogP contribution in [-0.2, 0) is 16.0 Å².